The fraction of sp³-hybridized carbons (Fsp3) is 0.280. The lowest BCUT2D eigenvalue weighted by atomic mass is 10.0. The maximum atomic E-state index is 13.6. The lowest BCUT2D eigenvalue weighted by Gasteiger charge is -2.17. The first-order valence-electron chi connectivity index (χ1n) is 12.0. The van der Waals surface area contributed by atoms with Gasteiger partial charge in [-0.25, -0.2) is 15.2 Å². The summed E-state index contributed by atoms with van der Waals surface area (Å²) in [7, 11) is 1.47. The minimum Gasteiger partial charge on any atom is -0.383 e. The third kappa shape index (κ3) is 7.65. The molecule has 0 aliphatic rings. The van der Waals surface area contributed by atoms with Gasteiger partial charge in [0.25, 0.3) is 17.6 Å². The Kier molecular flexibility index (Phi) is 10.3. The Hall–Kier alpha value is -4.88. The average molecular weight is 605 g/mol. The van der Waals surface area contributed by atoms with Crippen LogP contribution in [-0.4, -0.2) is 58.3 Å². The molecule has 2 amide bonds. The summed E-state index contributed by atoms with van der Waals surface area (Å²) in [4.78, 5) is 30.8. The van der Waals surface area contributed by atoms with Gasteiger partial charge in [0.15, 0.2) is 5.82 Å². The minimum atomic E-state index is -4.95. The van der Waals surface area contributed by atoms with Crippen molar-refractivity contribution in [1.29, 1.82) is 10.8 Å². The largest absolute Gasteiger partial charge is 0.455 e. The van der Waals surface area contributed by atoms with Crippen molar-refractivity contribution >= 4 is 34.9 Å². The first-order chi connectivity index (χ1) is 19.9. The van der Waals surface area contributed by atoms with Gasteiger partial charge < -0.3 is 20.8 Å². The Balaban J connectivity index is 2.02. The van der Waals surface area contributed by atoms with E-state index in [1.807, 2.05) is 6.07 Å². The average Bonchev–Trinajstić information content (AvgIpc) is 3.35. The number of nitrogens with one attached hydrogen (secondary N) is 4. The molecule has 220 valence electrons. The molecule has 1 aromatic carbocycles. The van der Waals surface area contributed by atoms with Gasteiger partial charge in [-0.2, -0.15) is 28.6 Å². The SMILES string of the molecule is COCC(C)NC(=O)c1cc(C#N)cc(C)c1NC(=O)c1cc(CN/N=C(\N=N)C(F)(F)F)nn1-c1ncccc1Cl. The Morgan fingerprint density at radius 3 is 2.64 bits per heavy atom. The molecule has 42 heavy (non-hydrogen) atoms. The number of hydrogen-bond donors (Lipinski definition) is 4. The summed E-state index contributed by atoms with van der Waals surface area (Å²) in [5.74, 6) is -3.02. The number of hydrazone groups is 1. The number of nitriles is 1. The van der Waals surface area contributed by atoms with Crippen LogP contribution < -0.4 is 16.1 Å². The summed E-state index contributed by atoms with van der Waals surface area (Å²) in [6.45, 7) is 3.14. The van der Waals surface area contributed by atoms with Gasteiger partial charge in [0.05, 0.1) is 46.8 Å². The van der Waals surface area contributed by atoms with Crippen molar-refractivity contribution in [2.75, 3.05) is 19.0 Å². The van der Waals surface area contributed by atoms with Crippen molar-refractivity contribution in [2.24, 2.45) is 10.2 Å². The number of alkyl halides is 3. The molecule has 1 atom stereocenters. The molecule has 0 aliphatic carbocycles. The molecule has 0 radical (unpaired) electrons. The van der Waals surface area contributed by atoms with Crippen molar-refractivity contribution in [3.05, 3.63) is 69.6 Å². The Morgan fingerprint density at radius 2 is 2.02 bits per heavy atom. The van der Waals surface area contributed by atoms with Gasteiger partial charge in [-0.3, -0.25) is 9.59 Å². The van der Waals surface area contributed by atoms with Crippen LogP contribution in [0.25, 0.3) is 5.82 Å². The molecule has 4 N–H and O–H groups in total. The number of pyridine rings is 1. The highest BCUT2D eigenvalue weighted by Crippen LogP contribution is 2.26. The van der Waals surface area contributed by atoms with Crippen LogP contribution in [0.2, 0.25) is 5.02 Å². The molecule has 2 aromatic heterocycles. The zero-order valence-corrected chi connectivity index (χ0v) is 23.1. The van der Waals surface area contributed by atoms with Crippen molar-refractivity contribution < 1.29 is 27.5 Å². The topological polar surface area (TPSA) is 183 Å². The van der Waals surface area contributed by atoms with Crippen LogP contribution >= 0.6 is 11.6 Å². The van der Waals surface area contributed by atoms with Gasteiger partial charge in [-0.05, 0) is 49.7 Å². The predicted molar refractivity (Wildman–Crippen MR) is 144 cm³/mol. The summed E-state index contributed by atoms with van der Waals surface area (Å²) >= 11 is 6.27. The second kappa shape index (κ2) is 13.7. The molecule has 1 unspecified atom stereocenters. The predicted octanol–water partition coefficient (Wildman–Crippen LogP) is 4.11. The molecule has 0 saturated heterocycles. The van der Waals surface area contributed by atoms with Crippen molar-refractivity contribution in [3.63, 3.8) is 0 Å². The van der Waals surface area contributed by atoms with Crippen LogP contribution in [0.4, 0.5) is 18.9 Å². The van der Waals surface area contributed by atoms with Gasteiger partial charge in [0.1, 0.15) is 5.69 Å². The van der Waals surface area contributed by atoms with Crippen molar-refractivity contribution in [2.45, 2.75) is 32.6 Å². The smallest absolute Gasteiger partial charge is 0.383 e. The zero-order chi connectivity index (χ0) is 31.0. The first-order valence-corrected chi connectivity index (χ1v) is 12.4. The number of carbonyl (C=O) groups is 2. The summed E-state index contributed by atoms with van der Waals surface area (Å²) < 4.78 is 44.6. The number of rotatable bonds is 10. The molecule has 0 saturated carbocycles. The zero-order valence-electron chi connectivity index (χ0n) is 22.4. The minimum absolute atomic E-state index is 0.0137. The molecular weight excluding hydrogens is 581 g/mol. The van der Waals surface area contributed by atoms with E-state index >= 15 is 0 Å². The fourth-order valence-electron chi connectivity index (χ4n) is 3.69. The van der Waals surface area contributed by atoms with Crippen LogP contribution in [-0.2, 0) is 11.3 Å². The van der Waals surface area contributed by atoms with Gasteiger partial charge >= 0.3 is 6.18 Å². The monoisotopic (exact) mass is 604 g/mol. The molecule has 3 aromatic rings. The number of amides is 2. The summed E-state index contributed by atoms with van der Waals surface area (Å²) in [6, 6.07) is 8.70. The maximum absolute atomic E-state index is 13.6. The quantitative estimate of drug-likeness (QED) is 0.116. The van der Waals surface area contributed by atoms with E-state index in [0.29, 0.717) is 5.56 Å². The number of aryl methyl sites for hydroxylation is 1. The molecule has 2 heterocycles. The number of amidine groups is 1. The van der Waals surface area contributed by atoms with Crippen LogP contribution in [0.3, 0.4) is 0 Å². The molecule has 0 aliphatic heterocycles. The number of methoxy groups -OCH3 is 1. The van der Waals surface area contributed by atoms with Crippen LogP contribution in [0.15, 0.2) is 46.7 Å². The summed E-state index contributed by atoms with van der Waals surface area (Å²) in [5, 5.41) is 24.6. The number of hydrogen-bond acceptors (Lipinski definition) is 9. The van der Waals surface area contributed by atoms with E-state index in [2.05, 4.69) is 36.4 Å². The number of aromatic nitrogens is 3. The van der Waals surface area contributed by atoms with Gasteiger partial charge in [-0.1, -0.05) is 11.6 Å². The van der Waals surface area contributed by atoms with E-state index < -0.39 is 30.4 Å². The molecule has 17 heteroatoms. The van der Waals surface area contributed by atoms with E-state index in [1.165, 1.54) is 37.6 Å². The second-order valence-corrected chi connectivity index (χ2v) is 9.14. The Labute approximate surface area is 242 Å². The van der Waals surface area contributed by atoms with Crippen LogP contribution in [0.5, 0.6) is 0 Å². The van der Waals surface area contributed by atoms with E-state index in [9.17, 15) is 28.0 Å². The van der Waals surface area contributed by atoms with E-state index in [4.69, 9.17) is 21.9 Å². The number of carbonyl (C=O) groups excluding carboxylic acids is 2. The fourth-order valence-corrected chi connectivity index (χ4v) is 3.89. The molecular formula is C25H24ClF3N10O3. The highest BCUT2D eigenvalue weighted by Gasteiger charge is 2.36. The molecule has 0 fully saturated rings. The van der Waals surface area contributed by atoms with E-state index in [1.54, 1.807) is 19.9 Å². The number of halogens is 4. The summed E-state index contributed by atoms with van der Waals surface area (Å²) in [6.07, 6.45) is -3.56. The standard InChI is InChI=1S/C25H24ClF3N10O3/c1-13-7-15(10-30)8-17(22(40)34-14(2)12-42-3)20(13)35-23(41)19-9-16(11-33-37-24(36-31)25(27,28)29)38-39(19)21-18(26)5-4-6-32-21/h4-9,14,31,33H,11-12H2,1-3H3,(H,34,40)(H,35,41)/b36-31?,37-24-. The van der Waals surface area contributed by atoms with Gasteiger partial charge in [0, 0.05) is 19.3 Å². The molecule has 3 rings (SSSR count). The number of anilines is 1. The highest BCUT2D eigenvalue weighted by molar-refractivity contribution is 6.32. The third-order valence-corrected chi connectivity index (χ3v) is 5.77. The molecule has 0 bridgehead atoms. The normalized spacial score (nSPS) is 12.3. The van der Waals surface area contributed by atoms with Crippen LogP contribution in [0, 0.1) is 23.8 Å². The van der Waals surface area contributed by atoms with Crippen molar-refractivity contribution in [3.8, 4) is 11.9 Å². The van der Waals surface area contributed by atoms with Gasteiger partial charge in [-0.15, -0.1) is 5.11 Å². The molecule has 13 nitrogen and oxygen atoms in total. The Morgan fingerprint density at radius 1 is 1.29 bits per heavy atom. The van der Waals surface area contributed by atoms with E-state index in [-0.39, 0.29) is 51.7 Å². The highest BCUT2D eigenvalue weighted by atomic mass is 35.5. The lowest BCUT2D eigenvalue weighted by molar-refractivity contribution is -0.0606. The lowest BCUT2D eigenvalue weighted by Crippen LogP contribution is -2.36. The van der Waals surface area contributed by atoms with Crippen molar-refractivity contribution in [1.82, 2.24) is 25.5 Å². The number of nitrogens with zero attached hydrogens (tertiary/aromatic N) is 6. The van der Waals surface area contributed by atoms with E-state index in [0.717, 1.165) is 4.68 Å². The Bertz CT molecular complexity index is 1570. The number of benzene rings is 1. The second-order valence-electron chi connectivity index (χ2n) is 8.73. The summed E-state index contributed by atoms with van der Waals surface area (Å²) in [5.41, 5.74) is 9.43. The first kappa shape index (κ1) is 31.6. The van der Waals surface area contributed by atoms with Crippen LogP contribution in [0.1, 0.15) is 44.6 Å². The molecule has 0 spiro atoms. The van der Waals surface area contributed by atoms with Gasteiger partial charge in [0.2, 0.25) is 0 Å². The third-order valence-electron chi connectivity index (χ3n) is 5.48. The maximum Gasteiger partial charge on any atom is 0.455 e. The number of ether oxygens (including phenoxy) is 1.